The van der Waals surface area contributed by atoms with Gasteiger partial charge in [0, 0.05) is 30.8 Å². The molecule has 0 aromatic heterocycles. The average Bonchev–Trinajstić information content (AvgIpc) is 3.10. The summed E-state index contributed by atoms with van der Waals surface area (Å²) in [5, 5.41) is 5.11. The number of hydrogen-bond acceptors (Lipinski definition) is 5. The fourth-order valence-electron chi connectivity index (χ4n) is 2.72. The van der Waals surface area contributed by atoms with Gasteiger partial charge < -0.3 is 20.3 Å². The highest BCUT2D eigenvalue weighted by Crippen LogP contribution is 2.21. The van der Waals surface area contributed by atoms with Crippen molar-refractivity contribution in [1.29, 1.82) is 0 Å². The Morgan fingerprint density at radius 1 is 1.14 bits per heavy atom. The topological polar surface area (TPSA) is 105 Å². The van der Waals surface area contributed by atoms with Crippen LogP contribution in [0, 0.1) is 5.92 Å². The van der Waals surface area contributed by atoms with Gasteiger partial charge in [-0.25, -0.2) is 0 Å². The molecule has 0 radical (unpaired) electrons. The summed E-state index contributed by atoms with van der Waals surface area (Å²) in [6.07, 6.45) is 2.22. The van der Waals surface area contributed by atoms with Crippen molar-refractivity contribution in [3.63, 3.8) is 0 Å². The number of hydrogen-bond donors (Lipinski definition) is 2. The van der Waals surface area contributed by atoms with E-state index < -0.39 is 11.9 Å². The number of nitrogens with one attached hydrogen (secondary N) is 2. The summed E-state index contributed by atoms with van der Waals surface area (Å²) in [4.78, 5) is 48.7. The summed E-state index contributed by atoms with van der Waals surface area (Å²) in [6, 6.07) is 6.61. The minimum Gasteiger partial charge on any atom is -0.454 e. The molecule has 1 aliphatic rings. The average molecular weight is 389 g/mol. The molecule has 8 nitrogen and oxygen atoms in total. The van der Waals surface area contributed by atoms with Gasteiger partial charge in [-0.05, 0) is 43.0 Å². The van der Waals surface area contributed by atoms with Gasteiger partial charge >= 0.3 is 5.97 Å². The maximum Gasteiger partial charge on any atom is 0.325 e. The zero-order valence-corrected chi connectivity index (χ0v) is 16.3. The third kappa shape index (κ3) is 6.68. The van der Waals surface area contributed by atoms with E-state index in [9.17, 15) is 19.2 Å². The van der Waals surface area contributed by atoms with Crippen molar-refractivity contribution >= 4 is 29.4 Å². The summed E-state index contributed by atoms with van der Waals surface area (Å²) >= 11 is 0. The van der Waals surface area contributed by atoms with E-state index in [1.807, 2.05) is 13.8 Å². The molecule has 0 aliphatic carbocycles. The molecule has 1 aromatic carbocycles. The highest BCUT2D eigenvalue weighted by Gasteiger charge is 2.21. The molecular formula is C20H27N3O5. The van der Waals surface area contributed by atoms with Crippen molar-refractivity contribution in [3.05, 3.63) is 29.8 Å². The number of esters is 1. The highest BCUT2D eigenvalue weighted by molar-refractivity contribution is 5.98. The second kappa shape index (κ2) is 10.4. The van der Waals surface area contributed by atoms with Crippen LogP contribution in [0.1, 0.15) is 43.5 Å². The van der Waals surface area contributed by atoms with Crippen LogP contribution in [0.25, 0.3) is 0 Å². The molecule has 1 fully saturated rings. The van der Waals surface area contributed by atoms with Crippen molar-refractivity contribution in [2.45, 2.75) is 33.1 Å². The molecule has 1 saturated heterocycles. The van der Waals surface area contributed by atoms with Crippen LogP contribution in [0.3, 0.4) is 0 Å². The number of benzene rings is 1. The van der Waals surface area contributed by atoms with Crippen LogP contribution in [0.2, 0.25) is 0 Å². The Kier molecular flexibility index (Phi) is 7.98. The lowest BCUT2D eigenvalue weighted by Crippen LogP contribution is -2.34. The zero-order valence-electron chi connectivity index (χ0n) is 16.3. The Morgan fingerprint density at radius 3 is 2.46 bits per heavy atom. The van der Waals surface area contributed by atoms with E-state index in [4.69, 9.17) is 4.74 Å². The molecule has 152 valence electrons. The van der Waals surface area contributed by atoms with E-state index in [0.717, 1.165) is 18.5 Å². The molecule has 28 heavy (non-hydrogen) atoms. The zero-order chi connectivity index (χ0) is 20.5. The quantitative estimate of drug-likeness (QED) is 0.619. The van der Waals surface area contributed by atoms with Gasteiger partial charge in [-0.2, -0.15) is 0 Å². The van der Waals surface area contributed by atoms with E-state index in [-0.39, 0.29) is 25.0 Å². The molecule has 0 atom stereocenters. The van der Waals surface area contributed by atoms with Crippen LogP contribution in [0.4, 0.5) is 5.69 Å². The number of nitrogens with zero attached hydrogens (tertiary/aromatic N) is 1. The van der Waals surface area contributed by atoms with Crippen molar-refractivity contribution in [2.75, 3.05) is 31.1 Å². The SMILES string of the molecule is CC(C)CCNC(=O)COC(=O)CNC(=O)c1ccc(N2CCCC2=O)cc1. The smallest absolute Gasteiger partial charge is 0.325 e. The Hall–Kier alpha value is -2.90. The number of amides is 3. The summed E-state index contributed by atoms with van der Waals surface area (Å²) < 4.78 is 4.84. The molecule has 8 heteroatoms. The standard InChI is InChI=1S/C20H27N3O5/c1-14(2)9-10-21-17(24)13-28-19(26)12-22-20(27)15-5-7-16(8-6-15)23-11-3-4-18(23)25/h5-8,14H,3-4,9-13H2,1-2H3,(H,21,24)(H,22,27). The van der Waals surface area contributed by atoms with E-state index in [2.05, 4.69) is 10.6 Å². The van der Waals surface area contributed by atoms with Gasteiger partial charge in [0.05, 0.1) is 0 Å². The molecule has 3 amide bonds. The van der Waals surface area contributed by atoms with E-state index in [1.165, 1.54) is 0 Å². The van der Waals surface area contributed by atoms with Crippen LogP contribution in [-0.4, -0.2) is 49.9 Å². The number of ether oxygens (including phenoxy) is 1. The fourth-order valence-corrected chi connectivity index (χ4v) is 2.72. The van der Waals surface area contributed by atoms with E-state index in [0.29, 0.717) is 31.0 Å². The first-order valence-corrected chi connectivity index (χ1v) is 9.47. The molecule has 0 unspecified atom stereocenters. The second-order valence-corrected chi connectivity index (χ2v) is 7.07. The highest BCUT2D eigenvalue weighted by atomic mass is 16.5. The number of carbonyl (C=O) groups excluding carboxylic acids is 4. The number of anilines is 1. The van der Waals surface area contributed by atoms with Crippen LogP contribution in [0.5, 0.6) is 0 Å². The predicted molar refractivity (Wildman–Crippen MR) is 104 cm³/mol. The van der Waals surface area contributed by atoms with Gasteiger partial charge in [0.1, 0.15) is 6.54 Å². The lowest BCUT2D eigenvalue weighted by Gasteiger charge is -2.15. The Bertz CT molecular complexity index is 715. The Morgan fingerprint density at radius 2 is 1.86 bits per heavy atom. The summed E-state index contributed by atoms with van der Waals surface area (Å²) in [6.45, 7) is 4.61. The second-order valence-electron chi connectivity index (χ2n) is 7.07. The van der Waals surface area contributed by atoms with Crippen LogP contribution >= 0.6 is 0 Å². The van der Waals surface area contributed by atoms with Crippen molar-refractivity contribution in [1.82, 2.24) is 10.6 Å². The van der Waals surface area contributed by atoms with Gasteiger partial charge in [-0.15, -0.1) is 0 Å². The molecule has 1 heterocycles. The maximum absolute atomic E-state index is 12.1. The van der Waals surface area contributed by atoms with Crippen LogP contribution in [0.15, 0.2) is 24.3 Å². The predicted octanol–water partition coefficient (Wildman–Crippen LogP) is 1.25. The minimum absolute atomic E-state index is 0.0770. The molecule has 0 saturated carbocycles. The first-order chi connectivity index (χ1) is 13.4. The summed E-state index contributed by atoms with van der Waals surface area (Å²) in [7, 11) is 0. The lowest BCUT2D eigenvalue weighted by atomic mass is 10.1. The first-order valence-electron chi connectivity index (χ1n) is 9.47. The maximum atomic E-state index is 12.1. The van der Waals surface area contributed by atoms with Gasteiger partial charge in [0.2, 0.25) is 5.91 Å². The summed E-state index contributed by atoms with van der Waals surface area (Å²) in [5.41, 5.74) is 1.12. The van der Waals surface area contributed by atoms with Crippen LogP contribution < -0.4 is 15.5 Å². The molecule has 0 spiro atoms. The first kappa shape index (κ1) is 21.4. The largest absolute Gasteiger partial charge is 0.454 e. The summed E-state index contributed by atoms with van der Waals surface area (Å²) in [5.74, 6) is -0.937. The molecule has 1 aromatic rings. The lowest BCUT2D eigenvalue weighted by molar-refractivity contribution is -0.147. The van der Waals surface area contributed by atoms with E-state index >= 15 is 0 Å². The molecule has 2 rings (SSSR count). The third-order valence-corrected chi connectivity index (χ3v) is 4.32. The number of carbonyl (C=O) groups is 4. The van der Waals surface area contributed by atoms with Crippen molar-refractivity contribution < 1.29 is 23.9 Å². The van der Waals surface area contributed by atoms with Crippen LogP contribution in [-0.2, 0) is 19.1 Å². The van der Waals surface area contributed by atoms with Gasteiger partial charge in [-0.3, -0.25) is 19.2 Å². The Balaban J connectivity index is 1.70. The van der Waals surface area contributed by atoms with Crippen molar-refractivity contribution in [2.24, 2.45) is 5.92 Å². The molecule has 1 aliphatic heterocycles. The molecule has 0 bridgehead atoms. The third-order valence-electron chi connectivity index (χ3n) is 4.32. The fraction of sp³-hybridized carbons (Fsp3) is 0.500. The van der Waals surface area contributed by atoms with Gasteiger partial charge in [0.25, 0.3) is 11.8 Å². The van der Waals surface area contributed by atoms with E-state index in [1.54, 1.807) is 29.2 Å². The minimum atomic E-state index is -0.688. The van der Waals surface area contributed by atoms with Gasteiger partial charge in [-0.1, -0.05) is 13.8 Å². The molecular weight excluding hydrogens is 362 g/mol. The van der Waals surface area contributed by atoms with Crippen molar-refractivity contribution in [3.8, 4) is 0 Å². The Labute approximate surface area is 164 Å². The molecule has 2 N–H and O–H groups in total. The normalized spacial score (nSPS) is 13.5. The van der Waals surface area contributed by atoms with Gasteiger partial charge in [0.15, 0.2) is 6.61 Å². The monoisotopic (exact) mass is 389 g/mol. The number of rotatable bonds is 9.